The highest BCUT2D eigenvalue weighted by Gasteiger charge is 2.34. The van der Waals surface area contributed by atoms with Crippen molar-refractivity contribution in [2.45, 2.75) is 51.0 Å². The van der Waals surface area contributed by atoms with Crippen molar-refractivity contribution in [1.82, 2.24) is 10.2 Å². The lowest BCUT2D eigenvalue weighted by molar-refractivity contribution is -0.139. The quantitative estimate of drug-likeness (QED) is 0.803. The lowest BCUT2D eigenvalue weighted by Gasteiger charge is -2.30. The van der Waals surface area contributed by atoms with Crippen LogP contribution in [-0.4, -0.2) is 42.9 Å². The highest BCUT2D eigenvalue weighted by molar-refractivity contribution is 5.88. The molecule has 2 amide bonds. The monoisotopic (exact) mass is 281 g/mol. The van der Waals surface area contributed by atoms with Gasteiger partial charge in [0.15, 0.2) is 0 Å². The largest absolute Gasteiger partial charge is 0.357 e. The molecule has 20 heavy (non-hydrogen) atoms. The first-order chi connectivity index (χ1) is 9.65. The molecule has 5 nitrogen and oxygen atoms in total. The molecule has 114 valence electrons. The third kappa shape index (κ3) is 3.51. The number of amides is 2. The van der Waals surface area contributed by atoms with E-state index >= 15 is 0 Å². The predicted octanol–water partition coefficient (Wildman–Crippen LogP) is 0.879. The minimum absolute atomic E-state index is 0.0253. The van der Waals surface area contributed by atoms with Gasteiger partial charge in [-0.15, -0.1) is 0 Å². The number of rotatable bonds is 4. The molecular formula is C15H27N3O2. The second-order valence-electron chi connectivity index (χ2n) is 6.19. The van der Waals surface area contributed by atoms with Crippen LogP contribution in [-0.2, 0) is 9.59 Å². The Hall–Kier alpha value is -1.10. The zero-order chi connectivity index (χ0) is 14.5. The summed E-state index contributed by atoms with van der Waals surface area (Å²) in [6, 6.07) is -0.243. The molecule has 2 fully saturated rings. The molecule has 0 spiro atoms. The van der Waals surface area contributed by atoms with Gasteiger partial charge < -0.3 is 16.0 Å². The Morgan fingerprint density at radius 1 is 1.15 bits per heavy atom. The van der Waals surface area contributed by atoms with E-state index in [1.165, 1.54) is 0 Å². The minimum Gasteiger partial charge on any atom is -0.357 e. The van der Waals surface area contributed by atoms with E-state index in [0.29, 0.717) is 18.3 Å². The highest BCUT2D eigenvalue weighted by Crippen LogP contribution is 2.31. The van der Waals surface area contributed by atoms with Crippen molar-refractivity contribution in [3.05, 3.63) is 0 Å². The number of nitrogens with two attached hydrogens (primary N) is 1. The number of likely N-dealkylation sites (N-methyl/N-ethyl adjacent to an activating group) is 1. The van der Waals surface area contributed by atoms with E-state index in [1.807, 2.05) is 0 Å². The maximum Gasteiger partial charge on any atom is 0.242 e. The van der Waals surface area contributed by atoms with Crippen molar-refractivity contribution in [2.75, 3.05) is 20.1 Å². The molecule has 1 atom stereocenters. The van der Waals surface area contributed by atoms with Crippen LogP contribution in [0.4, 0.5) is 0 Å². The number of nitrogens with one attached hydrogen (secondary N) is 1. The van der Waals surface area contributed by atoms with E-state index < -0.39 is 0 Å². The van der Waals surface area contributed by atoms with Gasteiger partial charge in [0, 0.05) is 20.0 Å². The first-order valence-electron chi connectivity index (χ1n) is 7.86. The maximum absolute atomic E-state index is 12.4. The van der Waals surface area contributed by atoms with Crippen molar-refractivity contribution in [1.29, 1.82) is 0 Å². The Balaban J connectivity index is 1.84. The van der Waals surface area contributed by atoms with Crippen molar-refractivity contribution >= 4 is 11.8 Å². The summed E-state index contributed by atoms with van der Waals surface area (Å²) in [6.07, 6.45) is 6.83. The van der Waals surface area contributed by atoms with E-state index in [4.69, 9.17) is 5.73 Å². The second kappa shape index (κ2) is 7.07. The fourth-order valence-corrected chi connectivity index (χ4v) is 3.54. The topological polar surface area (TPSA) is 75.4 Å². The Kier molecular flexibility index (Phi) is 5.40. The van der Waals surface area contributed by atoms with Crippen LogP contribution in [0.5, 0.6) is 0 Å². The van der Waals surface area contributed by atoms with E-state index in [-0.39, 0.29) is 17.9 Å². The molecule has 2 aliphatic rings. The summed E-state index contributed by atoms with van der Waals surface area (Å²) in [4.78, 5) is 26.0. The lowest BCUT2D eigenvalue weighted by Crippen LogP contribution is -2.45. The average molecular weight is 281 g/mol. The van der Waals surface area contributed by atoms with E-state index in [2.05, 4.69) is 5.32 Å². The number of hydrogen-bond donors (Lipinski definition) is 2. The molecule has 2 rings (SSSR count). The van der Waals surface area contributed by atoms with Gasteiger partial charge in [-0.25, -0.2) is 0 Å². The van der Waals surface area contributed by atoms with E-state index in [0.717, 1.165) is 51.6 Å². The minimum atomic E-state index is -0.243. The van der Waals surface area contributed by atoms with Gasteiger partial charge in [-0.05, 0) is 56.9 Å². The van der Waals surface area contributed by atoms with Crippen LogP contribution < -0.4 is 11.1 Å². The van der Waals surface area contributed by atoms with Crippen molar-refractivity contribution in [3.63, 3.8) is 0 Å². The Bertz CT molecular complexity index is 351. The van der Waals surface area contributed by atoms with Crippen LogP contribution in [0.15, 0.2) is 0 Å². The summed E-state index contributed by atoms with van der Waals surface area (Å²) < 4.78 is 0. The fraction of sp³-hybridized carbons (Fsp3) is 0.867. The van der Waals surface area contributed by atoms with Gasteiger partial charge >= 0.3 is 0 Å². The van der Waals surface area contributed by atoms with E-state index in [1.54, 1.807) is 11.9 Å². The molecule has 0 radical (unpaired) electrons. The molecule has 0 aromatic rings. The summed E-state index contributed by atoms with van der Waals surface area (Å²) >= 11 is 0. The van der Waals surface area contributed by atoms with Crippen LogP contribution in [0, 0.1) is 11.8 Å². The number of nitrogens with zero attached hydrogens (tertiary/aromatic N) is 1. The molecule has 0 aromatic carbocycles. The SMILES string of the molecule is CNC(=O)C1CCCN1C(=O)CC1CCC(CN)CC1. The standard InChI is InChI=1S/C15H27N3O2/c1-17-15(20)13-3-2-8-18(13)14(19)9-11-4-6-12(10-16)7-5-11/h11-13H,2-10,16H2,1H3,(H,17,20). The molecule has 1 saturated heterocycles. The van der Waals surface area contributed by atoms with Crippen LogP contribution in [0.1, 0.15) is 44.9 Å². The van der Waals surface area contributed by atoms with Crippen LogP contribution in [0.2, 0.25) is 0 Å². The number of hydrogen-bond acceptors (Lipinski definition) is 3. The maximum atomic E-state index is 12.4. The van der Waals surface area contributed by atoms with Gasteiger partial charge in [0.05, 0.1) is 0 Å². The molecule has 1 saturated carbocycles. The van der Waals surface area contributed by atoms with Gasteiger partial charge in [0.2, 0.25) is 11.8 Å². The molecule has 0 aromatic heterocycles. The Labute approximate surface area is 121 Å². The number of carbonyl (C=O) groups excluding carboxylic acids is 2. The summed E-state index contributed by atoms with van der Waals surface area (Å²) in [6.45, 7) is 1.50. The molecule has 1 unspecified atom stereocenters. The molecule has 3 N–H and O–H groups in total. The molecule has 1 aliphatic heterocycles. The zero-order valence-corrected chi connectivity index (χ0v) is 12.4. The lowest BCUT2D eigenvalue weighted by atomic mass is 9.80. The second-order valence-corrected chi connectivity index (χ2v) is 6.19. The number of likely N-dealkylation sites (tertiary alicyclic amines) is 1. The summed E-state index contributed by atoms with van der Waals surface area (Å²) in [5.41, 5.74) is 5.70. The third-order valence-corrected chi connectivity index (χ3v) is 4.89. The fourth-order valence-electron chi connectivity index (χ4n) is 3.54. The highest BCUT2D eigenvalue weighted by atomic mass is 16.2. The number of carbonyl (C=O) groups is 2. The first kappa shape index (κ1) is 15.3. The molecule has 1 heterocycles. The van der Waals surface area contributed by atoms with Crippen molar-refractivity contribution < 1.29 is 9.59 Å². The predicted molar refractivity (Wildman–Crippen MR) is 77.9 cm³/mol. The third-order valence-electron chi connectivity index (χ3n) is 4.89. The normalized spacial score (nSPS) is 30.3. The van der Waals surface area contributed by atoms with Crippen LogP contribution >= 0.6 is 0 Å². The first-order valence-corrected chi connectivity index (χ1v) is 7.86. The van der Waals surface area contributed by atoms with Gasteiger partial charge in [-0.1, -0.05) is 0 Å². The Morgan fingerprint density at radius 2 is 1.80 bits per heavy atom. The van der Waals surface area contributed by atoms with Gasteiger partial charge in [0.1, 0.15) is 6.04 Å². The summed E-state index contributed by atoms with van der Waals surface area (Å²) in [7, 11) is 1.64. The molecular weight excluding hydrogens is 254 g/mol. The Morgan fingerprint density at radius 3 is 2.40 bits per heavy atom. The van der Waals surface area contributed by atoms with Gasteiger partial charge in [-0.2, -0.15) is 0 Å². The van der Waals surface area contributed by atoms with E-state index in [9.17, 15) is 9.59 Å². The van der Waals surface area contributed by atoms with Crippen molar-refractivity contribution in [2.24, 2.45) is 17.6 Å². The summed E-state index contributed by atoms with van der Waals surface area (Å²) in [5, 5.41) is 2.66. The molecule has 1 aliphatic carbocycles. The molecule has 0 bridgehead atoms. The van der Waals surface area contributed by atoms with Gasteiger partial charge in [-0.3, -0.25) is 9.59 Å². The zero-order valence-electron chi connectivity index (χ0n) is 12.4. The summed E-state index contributed by atoms with van der Waals surface area (Å²) in [5.74, 6) is 1.26. The van der Waals surface area contributed by atoms with Crippen molar-refractivity contribution in [3.8, 4) is 0 Å². The van der Waals surface area contributed by atoms with Crippen LogP contribution in [0.25, 0.3) is 0 Å². The average Bonchev–Trinajstić information content (AvgIpc) is 2.96. The van der Waals surface area contributed by atoms with Crippen LogP contribution in [0.3, 0.4) is 0 Å². The van der Waals surface area contributed by atoms with Gasteiger partial charge in [0.25, 0.3) is 0 Å². The molecule has 5 heteroatoms. The smallest absolute Gasteiger partial charge is 0.242 e.